The molecule has 0 aliphatic heterocycles. The minimum Gasteiger partial charge on any atom is -0.378 e. The smallest absolute Gasteiger partial charge is 0.190 e. The van der Waals surface area contributed by atoms with E-state index in [0.29, 0.717) is 6.10 Å². The van der Waals surface area contributed by atoms with Crippen molar-refractivity contribution in [2.75, 3.05) is 26.7 Å². The maximum atomic E-state index is 6.01. The van der Waals surface area contributed by atoms with E-state index in [-0.39, 0.29) is 0 Å². The Kier molecular flexibility index (Phi) is 11.2. The van der Waals surface area contributed by atoms with Crippen molar-refractivity contribution in [1.29, 1.82) is 0 Å². The molecule has 130 valence electrons. The van der Waals surface area contributed by atoms with Crippen molar-refractivity contribution >= 4 is 5.96 Å². The summed E-state index contributed by atoms with van der Waals surface area (Å²) in [4.78, 5) is 4.25. The van der Waals surface area contributed by atoms with Gasteiger partial charge in [-0.15, -0.1) is 0 Å². The van der Waals surface area contributed by atoms with Crippen LogP contribution >= 0.6 is 0 Å². The second kappa shape index (κ2) is 12.7. The second-order valence-electron chi connectivity index (χ2n) is 6.80. The Labute approximate surface area is 137 Å². The molecule has 0 spiro atoms. The Morgan fingerprint density at radius 3 is 2.36 bits per heavy atom. The van der Waals surface area contributed by atoms with Gasteiger partial charge in [0.05, 0.1) is 6.10 Å². The van der Waals surface area contributed by atoms with Gasteiger partial charge in [0, 0.05) is 26.7 Å². The van der Waals surface area contributed by atoms with Crippen molar-refractivity contribution in [3.05, 3.63) is 0 Å². The molecule has 22 heavy (non-hydrogen) atoms. The summed E-state index contributed by atoms with van der Waals surface area (Å²) >= 11 is 0. The fourth-order valence-electron chi connectivity index (χ4n) is 2.79. The molecule has 0 aromatic heterocycles. The van der Waals surface area contributed by atoms with Gasteiger partial charge in [-0.3, -0.25) is 4.99 Å². The van der Waals surface area contributed by atoms with Gasteiger partial charge in [-0.05, 0) is 38.0 Å². The normalized spacial score (nSPS) is 17.5. The number of hydrogen-bond acceptors (Lipinski definition) is 2. The molecule has 1 saturated carbocycles. The Morgan fingerprint density at radius 2 is 1.73 bits per heavy atom. The maximum absolute atomic E-state index is 6.01. The first kappa shape index (κ1) is 19.3. The van der Waals surface area contributed by atoms with E-state index >= 15 is 0 Å². The Hall–Kier alpha value is -0.770. The fraction of sp³-hybridized carbons (Fsp3) is 0.944. The quantitative estimate of drug-likeness (QED) is 0.295. The summed E-state index contributed by atoms with van der Waals surface area (Å²) in [5, 5.41) is 6.73. The highest BCUT2D eigenvalue weighted by atomic mass is 16.5. The molecule has 0 saturated heterocycles. The number of hydrogen-bond donors (Lipinski definition) is 2. The van der Waals surface area contributed by atoms with E-state index in [0.717, 1.165) is 44.4 Å². The number of nitrogens with one attached hydrogen (secondary N) is 2. The molecule has 0 radical (unpaired) electrons. The first-order chi connectivity index (χ1) is 10.7. The van der Waals surface area contributed by atoms with Crippen LogP contribution in [0.15, 0.2) is 4.99 Å². The molecule has 0 unspecified atom stereocenters. The van der Waals surface area contributed by atoms with Crippen LogP contribution in [0.25, 0.3) is 0 Å². The summed E-state index contributed by atoms with van der Waals surface area (Å²) in [6.07, 6.45) is 12.0. The van der Waals surface area contributed by atoms with Gasteiger partial charge in [-0.2, -0.15) is 0 Å². The third-order valence-electron chi connectivity index (χ3n) is 4.26. The summed E-state index contributed by atoms with van der Waals surface area (Å²) in [6.45, 7) is 7.35. The topological polar surface area (TPSA) is 45.7 Å². The molecule has 1 aliphatic rings. The minimum absolute atomic E-state index is 0.529. The third kappa shape index (κ3) is 10.0. The second-order valence-corrected chi connectivity index (χ2v) is 6.80. The highest BCUT2D eigenvalue weighted by Crippen LogP contribution is 2.19. The van der Waals surface area contributed by atoms with E-state index < -0.39 is 0 Å². The zero-order valence-corrected chi connectivity index (χ0v) is 15.0. The summed E-state index contributed by atoms with van der Waals surface area (Å²) < 4.78 is 6.01. The van der Waals surface area contributed by atoms with E-state index in [1.165, 1.54) is 44.9 Å². The van der Waals surface area contributed by atoms with E-state index in [9.17, 15) is 0 Å². The van der Waals surface area contributed by atoms with Crippen molar-refractivity contribution in [1.82, 2.24) is 10.6 Å². The number of unbranched alkanes of at least 4 members (excludes halogenated alkanes) is 1. The van der Waals surface area contributed by atoms with Crippen molar-refractivity contribution in [3.63, 3.8) is 0 Å². The predicted molar refractivity (Wildman–Crippen MR) is 95.5 cm³/mol. The van der Waals surface area contributed by atoms with E-state index in [4.69, 9.17) is 4.74 Å². The van der Waals surface area contributed by atoms with Gasteiger partial charge in [0.15, 0.2) is 5.96 Å². The standard InChI is InChI=1S/C18H37N3O/c1-16(2)12-14-21-18(19-3)20-13-8-9-15-22-17-10-6-4-5-7-11-17/h16-17H,4-15H2,1-3H3,(H2,19,20,21). The first-order valence-electron chi connectivity index (χ1n) is 9.28. The molecule has 1 rings (SSSR count). The van der Waals surface area contributed by atoms with Crippen molar-refractivity contribution in [3.8, 4) is 0 Å². The lowest BCUT2D eigenvalue weighted by Gasteiger charge is -2.16. The lowest BCUT2D eigenvalue weighted by molar-refractivity contribution is 0.0411. The van der Waals surface area contributed by atoms with Crippen LogP contribution < -0.4 is 10.6 Å². The van der Waals surface area contributed by atoms with Crippen LogP contribution in [-0.4, -0.2) is 38.8 Å². The molecule has 4 heteroatoms. The van der Waals surface area contributed by atoms with Gasteiger partial charge >= 0.3 is 0 Å². The monoisotopic (exact) mass is 311 g/mol. The molecule has 0 aromatic carbocycles. The van der Waals surface area contributed by atoms with Gasteiger partial charge in [0.2, 0.25) is 0 Å². The molecule has 4 nitrogen and oxygen atoms in total. The SMILES string of the molecule is CN=C(NCCCCOC1CCCCCC1)NCCC(C)C. The molecule has 0 aromatic rings. The minimum atomic E-state index is 0.529. The fourth-order valence-corrected chi connectivity index (χ4v) is 2.79. The van der Waals surface area contributed by atoms with Crippen LogP contribution in [0.4, 0.5) is 0 Å². The van der Waals surface area contributed by atoms with Gasteiger partial charge in [-0.1, -0.05) is 39.5 Å². The number of aliphatic imine (C=N–C) groups is 1. The summed E-state index contributed by atoms with van der Waals surface area (Å²) in [5.74, 6) is 1.65. The van der Waals surface area contributed by atoms with Crippen molar-refractivity contribution in [2.45, 2.75) is 77.7 Å². The molecule has 1 aliphatic carbocycles. The first-order valence-corrected chi connectivity index (χ1v) is 9.28. The zero-order chi connectivity index (χ0) is 16.0. The predicted octanol–water partition coefficient (Wildman–Crippen LogP) is 3.72. The molecule has 1 fully saturated rings. The van der Waals surface area contributed by atoms with Crippen molar-refractivity contribution < 1.29 is 4.74 Å². The molecule has 0 heterocycles. The number of guanidine groups is 1. The van der Waals surface area contributed by atoms with Crippen LogP contribution in [0, 0.1) is 5.92 Å². The summed E-state index contributed by atoms with van der Waals surface area (Å²) in [5.41, 5.74) is 0. The number of ether oxygens (including phenoxy) is 1. The average Bonchev–Trinajstić information content (AvgIpc) is 2.77. The van der Waals surface area contributed by atoms with Gasteiger partial charge in [-0.25, -0.2) is 0 Å². The Balaban J connectivity index is 1.97. The van der Waals surface area contributed by atoms with Crippen LogP contribution in [0.2, 0.25) is 0 Å². The van der Waals surface area contributed by atoms with Crippen molar-refractivity contribution in [2.24, 2.45) is 10.9 Å². The van der Waals surface area contributed by atoms with Crippen LogP contribution in [-0.2, 0) is 4.74 Å². The van der Waals surface area contributed by atoms with Crippen LogP contribution in [0.3, 0.4) is 0 Å². The maximum Gasteiger partial charge on any atom is 0.190 e. The number of rotatable bonds is 9. The highest BCUT2D eigenvalue weighted by molar-refractivity contribution is 5.79. The lowest BCUT2D eigenvalue weighted by Crippen LogP contribution is -2.38. The average molecular weight is 312 g/mol. The molecule has 0 amide bonds. The van der Waals surface area contributed by atoms with Crippen LogP contribution in [0.1, 0.15) is 71.6 Å². The van der Waals surface area contributed by atoms with Crippen LogP contribution in [0.5, 0.6) is 0 Å². The van der Waals surface area contributed by atoms with Gasteiger partial charge in [0.25, 0.3) is 0 Å². The largest absolute Gasteiger partial charge is 0.378 e. The van der Waals surface area contributed by atoms with Gasteiger partial charge in [0.1, 0.15) is 0 Å². The number of nitrogens with zero attached hydrogens (tertiary/aromatic N) is 1. The summed E-state index contributed by atoms with van der Waals surface area (Å²) in [6, 6.07) is 0. The van der Waals surface area contributed by atoms with E-state index in [1.54, 1.807) is 0 Å². The molecular weight excluding hydrogens is 274 g/mol. The highest BCUT2D eigenvalue weighted by Gasteiger charge is 2.11. The summed E-state index contributed by atoms with van der Waals surface area (Å²) in [7, 11) is 1.83. The Morgan fingerprint density at radius 1 is 1.05 bits per heavy atom. The molecule has 2 N–H and O–H groups in total. The Bertz CT molecular complexity index is 284. The lowest BCUT2D eigenvalue weighted by atomic mass is 10.1. The molecule has 0 bridgehead atoms. The molecule has 0 atom stereocenters. The molecular formula is C18H37N3O. The van der Waals surface area contributed by atoms with E-state index in [2.05, 4.69) is 29.5 Å². The zero-order valence-electron chi connectivity index (χ0n) is 15.0. The third-order valence-corrected chi connectivity index (χ3v) is 4.26. The van der Waals surface area contributed by atoms with Gasteiger partial charge < -0.3 is 15.4 Å². The van der Waals surface area contributed by atoms with E-state index in [1.807, 2.05) is 7.05 Å².